The van der Waals surface area contributed by atoms with Gasteiger partial charge in [-0.3, -0.25) is 0 Å². The van der Waals surface area contributed by atoms with Crippen molar-refractivity contribution in [2.45, 2.75) is 200 Å². The SMILES string of the molecule is CCCCCCCCCCCCCCCc1cccc(Cc2cccc(CCCCCCCCCCCCCCC)c2[O-])c1[O-].[Ca+2]. The van der Waals surface area contributed by atoms with Crippen LogP contribution in [0.1, 0.15) is 203 Å². The van der Waals surface area contributed by atoms with Crippen molar-refractivity contribution in [3.63, 3.8) is 0 Å². The molecule has 0 unspecified atom stereocenters. The first kappa shape index (κ1) is 43.3. The molecule has 0 aliphatic heterocycles. The molecule has 0 aliphatic carbocycles. The maximum Gasteiger partial charge on any atom is 2.00 e. The molecule has 3 heteroatoms. The molecule has 256 valence electrons. The molecule has 0 saturated carbocycles. The zero-order valence-corrected chi connectivity index (χ0v) is 32.7. The van der Waals surface area contributed by atoms with Gasteiger partial charge in [-0.05, 0) is 32.1 Å². The second kappa shape index (κ2) is 30.4. The van der Waals surface area contributed by atoms with Crippen LogP contribution in [0.2, 0.25) is 0 Å². The molecule has 0 bridgehead atoms. The Hall–Kier alpha value is -0.700. The number of para-hydroxylation sites is 2. The quantitative estimate of drug-likeness (QED) is 0.0619. The summed E-state index contributed by atoms with van der Waals surface area (Å²) in [6.45, 7) is 4.56. The second-order valence-electron chi connectivity index (χ2n) is 14.0. The van der Waals surface area contributed by atoms with Crippen LogP contribution in [0.25, 0.3) is 0 Å². The average molecular weight is 659 g/mol. The van der Waals surface area contributed by atoms with Crippen LogP contribution in [0.15, 0.2) is 36.4 Å². The van der Waals surface area contributed by atoms with Gasteiger partial charge in [0.2, 0.25) is 0 Å². The minimum absolute atomic E-state index is 0. The summed E-state index contributed by atoms with van der Waals surface area (Å²) in [5.74, 6) is 0.301. The fourth-order valence-corrected chi connectivity index (χ4v) is 6.82. The van der Waals surface area contributed by atoms with E-state index in [1.54, 1.807) is 0 Å². The van der Waals surface area contributed by atoms with Crippen LogP contribution < -0.4 is 10.2 Å². The fraction of sp³-hybridized carbons (Fsp3) is 0.721. The Labute approximate surface area is 316 Å². The Kier molecular flexibility index (Phi) is 28.6. The van der Waals surface area contributed by atoms with E-state index < -0.39 is 0 Å². The van der Waals surface area contributed by atoms with Crippen LogP contribution in [-0.2, 0) is 19.3 Å². The van der Waals surface area contributed by atoms with Gasteiger partial charge in [-0.15, -0.1) is 11.5 Å². The first-order chi connectivity index (χ1) is 22.2. The molecule has 0 N–H and O–H groups in total. The fourth-order valence-electron chi connectivity index (χ4n) is 6.82. The summed E-state index contributed by atoms with van der Waals surface area (Å²) in [5.41, 5.74) is 3.40. The predicted octanol–water partition coefficient (Wildman–Crippen LogP) is 12.3. The van der Waals surface area contributed by atoms with Crippen LogP contribution in [0.3, 0.4) is 0 Å². The number of hydrogen-bond acceptors (Lipinski definition) is 2. The summed E-state index contributed by atoms with van der Waals surface area (Å²) in [7, 11) is 0. The largest absolute Gasteiger partial charge is 2.00 e. The molecule has 0 heterocycles. The van der Waals surface area contributed by atoms with E-state index in [2.05, 4.69) is 13.8 Å². The topological polar surface area (TPSA) is 46.1 Å². The molecule has 2 aromatic rings. The smallest absolute Gasteiger partial charge is 0.872 e. The predicted molar refractivity (Wildman–Crippen MR) is 199 cm³/mol. The van der Waals surface area contributed by atoms with Crippen LogP contribution in [0.4, 0.5) is 0 Å². The molecule has 0 atom stereocenters. The minimum atomic E-state index is 0. The Morgan fingerprint density at radius 2 is 0.587 bits per heavy atom. The van der Waals surface area contributed by atoms with Crippen LogP contribution in [0.5, 0.6) is 11.5 Å². The van der Waals surface area contributed by atoms with Crippen molar-refractivity contribution < 1.29 is 10.2 Å². The maximum absolute atomic E-state index is 13.2. The first-order valence-electron chi connectivity index (χ1n) is 19.7. The molecule has 0 radical (unpaired) electrons. The molecule has 46 heavy (non-hydrogen) atoms. The monoisotopic (exact) mass is 659 g/mol. The van der Waals surface area contributed by atoms with Gasteiger partial charge < -0.3 is 10.2 Å². The molecular weight excluding hydrogens is 589 g/mol. The van der Waals surface area contributed by atoms with Gasteiger partial charge >= 0.3 is 37.7 Å². The van der Waals surface area contributed by atoms with Gasteiger partial charge in [0.15, 0.2) is 0 Å². The van der Waals surface area contributed by atoms with Crippen molar-refractivity contribution in [3.05, 3.63) is 58.7 Å². The van der Waals surface area contributed by atoms with Crippen molar-refractivity contribution >= 4 is 37.7 Å². The van der Waals surface area contributed by atoms with Gasteiger partial charge in [0.05, 0.1) is 0 Å². The Balaban J connectivity index is 0.0000106. The average Bonchev–Trinajstić information content (AvgIpc) is 3.04. The standard InChI is InChI=1S/C43H72O2.Ca/c1-3-5-7-9-11-13-15-17-19-21-23-25-27-31-38-33-29-35-40(42(38)44)37-41-36-30-34-39(43(41)45)32-28-26-24-22-20-18-16-14-12-10-8-6-4-2;/h29-30,33-36,44-45H,3-28,31-32,37H2,1-2H3;/q;+2/p-2. The van der Waals surface area contributed by atoms with Crippen molar-refractivity contribution in [1.82, 2.24) is 0 Å². The van der Waals surface area contributed by atoms with E-state index in [0.29, 0.717) is 6.42 Å². The van der Waals surface area contributed by atoms with E-state index in [-0.39, 0.29) is 49.2 Å². The van der Waals surface area contributed by atoms with E-state index in [9.17, 15) is 10.2 Å². The molecule has 0 fully saturated rings. The molecule has 0 spiro atoms. The van der Waals surface area contributed by atoms with Gasteiger partial charge in [-0.25, -0.2) is 0 Å². The van der Waals surface area contributed by atoms with Gasteiger partial charge in [-0.1, -0.05) is 227 Å². The first-order valence-corrected chi connectivity index (χ1v) is 19.7. The van der Waals surface area contributed by atoms with Crippen molar-refractivity contribution in [2.75, 3.05) is 0 Å². The van der Waals surface area contributed by atoms with Crippen LogP contribution in [0, 0.1) is 0 Å². The number of hydrogen-bond donors (Lipinski definition) is 0. The van der Waals surface area contributed by atoms with Crippen molar-refractivity contribution in [2.24, 2.45) is 0 Å². The van der Waals surface area contributed by atoms with Gasteiger partial charge in [0, 0.05) is 0 Å². The van der Waals surface area contributed by atoms with Crippen molar-refractivity contribution in [3.8, 4) is 11.5 Å². The third kappa shape index (κ3) is 20.6. The summed E-state index contributed by atoms with van der Waals surface area (Å²) in [4.78, 5) is 0. The molecule has 0 aromatic heterocycles. The van der Waals surface area contributed by atoms with Crippen molar-refractivity contribution in [1.29, 1.82) is 0 Å². The van der Waals surface area contributed by atoms with Gasteiger partial charge in [0.25, 0.3) is 0 Å². The number of aryl methyl sites for hydroxylation is 2. The van der Waals surface area contributed by atoms with E-state index in [1.807, 2.05) is 36.4 Å². The summed E-state index contributed by atoms with van der Waals surface area (Å²) in [6, 6.07) is 11.9. The van der Waals surface area contributed by atoms with E-state index >= 15 is 0 Å². The Bertz CT molecular complexity index is 894. The molecular formula is C43H70CaO2. The van der Waals surface area contributed by atoms with Crippen LogP contribution in [-0.4, -0.2) is 37.7 Å². The summed E-state index contributed by atoms with van der Waals surface area (Å²) >= 11 is 0. The zero-order valence-electron chi connectivity index (χ0n) is 30.5. The van der Waals surface area contributed by atoms with E-state index in [1.165, 1.54) is 154 Å². The number of rotatable bonds is 30. The molecule has 0 saturated heterocycles. The van der Waals surface area contributed by atoms with E-state index in [4.69, 9.17) is 0 Å². The molecule has 2 nitrogen and oxygen atoms in total. The third-order valence-electron chi connectivity index (χ3n) is 9.84. The summed E-state index contributed by atoms with van der Waals surface area (Å²) in [5, 5.41) is 26.5. The molecule has 0 amide bonds. The molecule has 2 aromatic carbocycles. The zero-order chi connectivity index (χ0) is 32.2. The second-order valence-corrected chi connectivity index (χ2v) is 14.0. The van der Waals surface area contributed by atoms with Gasteiger partial charge in [-0.2, -0.15) is 0 Å². The summed E-state index contributed by atoms with van der Waals surface area (Å²) < 4.78 is 0. The Morgan fingerprint density at radius 3 is 0.870 bits per heavy atom. The number of unbranched alkanes of at least 4 members (excludes halogenated alkanes) is 24. The Morgan fingerprint density at radius 1 is 0.348 bits per heavy atom. The van der Waals surface area contributed by atoms with Crippen LogP contribution >= 0.6 is 0 Å². The minimum Gasteiger partial charge on any atom is -0.872 e. The maximum atomic E-state index is 13.2. The van der Waals surface area contributed by atoms with E-state index in [0.717, 1.165) is 47.9 Å². The van der Waals surface area contributed by atoms with Gasteiger partial charge in [0.1, 0.15) is 0 Å². The third-order valence-corrected chi connectivity index (χ3v) is 9.84. The molecule has 2 rings (SSSR count). The number of benzene rings is 2. The molecule has 0 aliphatic rings. The normalized spacial score (nSPS) is 11.2. The summed E-state index contributed by atoms with van der Waals surface area (Å²) in [6.07, 6.45) is 36.9.